The molecular weight excluding hydrogens is 450 g/mol. The van der Waals surface area contributed by atoms with Crippen molar-refractivity contribution in [3.63, 3.8) is 0 Å². The number of thiocarbonyl (C=S) groups is 1. The minimum atomic E-state index is 0.429. The average Bonchev–Trinajstić information content (AvgIpc) is 2.72. The van der Waals surface area contributed by atoms with E-state index in [4.69, 9.17) is 21.7 Å². The first kappa shape index (κ1) is 23.2. The van der Waals surface area contributed by atoms with Gasteiger partial charge in [0, 0.05) is 16.6 Å². The summed E-state index contributed by atoms with van der Waals surface area (Å²) >= 11 is 8.57. The second kappa shape index (κ2) is 12.4. The van der Waals surface area contributed by atoms with Crippen LogP contribution < -0.4 is 20.2 Å². The molecule has 0 saturated carbocycles. The number of halogens is 1. The predicted octanol–water partition coefficient (Wildman–Crippen LogP) is 5.24. The maximum absolute atomic E-state index is 5.88. The third kappa shape index (κ3) is 8.03. The van der Waals surface area contributed by atoms with E-state index < -0.39 is 0 Å². The average molecular weight is 478 g/mol. The largest absolute Gasteiger partial charge is 0.490 e. The van der Waals surface area contributed by atoms with Gasteiger partial charge in [-0.3, -0.25) is 5.43 Å². The minimum absolute atomic E-state index is 0.429. The van der Waals surface area contributed by atoms with Gasteiger partial charge in [-0.25, -0.2) is 0 Å². The first-order valence-corrected chi connectivity index (χ1v) is 11.0. The number of nitrogens with zero attached hydrogens (tertiary/aromatic N) is 1. The first-order chi connectivity index (χ1) is 14.0. The standard InChI is InChI=1S/C22H28BrN3O2S/c1-4-16(3)17-6-9-20(10-7-17)27-12-13-28-21-11-8-19(23)14-18(21)15-25-26-22(29)24-5-2/h6-11,14-16H,4-5,12-13H2,1-3H3,(H2,24,26,29)/b25-15-/t16-/m0/s1. The van der Waals surface area contributed by atoms with E-state index >= 15 is 0 Å². The zero-order valence-electron chi connectivity index (χ0n) is 17.1. The lowest BCUT2D eigenvalue weighted by Gasteiger charge is -2.12. The Hall–Kier alpha value is -2.12. The lowest BCUT2D eigenvalue weighted by molar-refractivity contribution is 0.217. The van der Waals surface area contributed by atoms with Gasteiger partial charge in [-0.05, 0) is 67.4 Å². The molecule has 0 bridgehead atoms. The molecule has 29 heavy (non-hydrogen) atoms. The van der Waals surface area contributed by atoms with Crippen LogP contribution in [0.15, 0.2) is 52.0 Å². The lowest BCUT2D eigenvalue weighted by Crippen LogP contribution is -2.31. The summed E-state index contributed by atoms with van der Waals surface area (Å²) in [5.41, 5.74) is 4.95. The van der Waals surface area contributed by atoms with Crippen molar-refractivity contribution in [2.45, 2.75) is 33.1 Å². The Labute approximate surface area is 187 Å². The quantitative estimate of drug-likeness (QED) is 0.212. The monoisotopic (exact) mass is 477 g/mol. The zero-order chi connectivity index (χ0) is 21.1. The first-order valence-electron chi connectivity index (χ1n) is 9.75. The van der Waals surface area contributed by atoms with Crippen LogP contribution in [0.2, 0.25) is 0 Å². The van der Waals surface area contributed by atoms with E-state index in [-0.39, 0.29) is 0 Å². The smallest absolute Gasteiger partial charge is 0.186 e. The molecule has 0 saturated heterocycles. The molecule has 0 aliphatic heterocycles. The molecule has 2 N–H and O–H groups in total. The highest BCUT2D eigenvalue weighted by atomic mass is 79.9. The van der Waals surface area contributed by atoms with Crippen LogP contribution in [0.25, 0.3) is 0 Å². The van der Waals surface area contributed by atoms with Gasteiger partial charge in [0.05, 0.1) is 6.21 Å². The number of nitrogens with one attached hydrogen (secondary N) is 2. The van der Waals surface area contributed by atoms with Crippen LogP contribution in [-0.2, 0) is 0 Å². The molecule has 0 unspecified atom stereocenters. The summed E-state index contributed by atoms with van der Waals surface area (Å²) in [4.78, 5) is 0. The van der Waals surface area contributed by atoms with E-state index in [0.717, 1.165) is 34.5 Å². The molecule has 2 rings (SSSR count). The van der Waals surface area contributed by atoms with Crippen LogP contribution in [0.5, 0.6) is 11.5 Å². The van der Waals surface area contributed by atoms with E-state index in [2.05, 4.69) is 57.8 Å². The molecule has 7 heteroatoms. The van der Waals surface area contributed by atoms with Crippen LogP contribution in [0.4, 0.5) is 0 Å². The van der Waals surface area contributed by atoms with Crippen molar-refractivity contribution < 1.29 is 9.47 Å². The number of hydrazone groups is 1. The van der Waals surface area contributed by atoms with E-state index in [9.17, 15) is 0 Å². The summed E-state index contributed by atoms with van der Waals surface area (Å²) < 4.78 is 12.6. The molecule has 0 aromatic heterocycles. The van der Waals surface area contributed by atoms with E-state index in [0.29, 0.717) is 24.2 Å². The van der Waals surface area contributed by atoms with Crippen LogP contribution in [0.3, 0.4) is 0 Å². The molecular formula is C22H28BrN3O2S. The second-order valence-corrected chi connectivity index (χ2v) is 7.81. The Bertz CT molecular complexity index is 812. The van der Waals surface area contributed by atoms with Crippen molar-refractivity contribution in [2.24, 2.45) is 5.10 Å². The Morgan fingerprint density at radius 3 is 2.55 bits per heavy atom. The molecule has 5 nitrogen and oxygen atoms in total. The van der Waals surface area contributed by atoms with Crippen molar-refractivity contribution in [3.05, 3.63) is 58.1 Å². The summed E-state index contributed by atoms with van der Waals surface area (Å²) in [6, 6.07) is 14.0. The normalized spacial score (nSPS) is 11.9. The molecule has 0 heterocycles. The van der Waals surface area contributed by atoms with Crippen molar-refractivity contribution in [3.8, 4) is 11.5 Å². The summed E-state index contributed by atoms with van der Waals surface area (Å²) in [5.74, 6) is 2.13. The molecule has 156 valence electrons. The Morgan fingerprint density at radius 2 is 1.86 bits per heavy atom. The topological polar surface area (TPSA) is 54.9 Å². The lowest BCUT2D eigenvalue weighted by atomic mass is 9.99. The number of hydrogen-bond acceptors (Lipinski definition) is 4. The molecule has 2 aromatic carbocycles. The Balaban J connectivity index is 1.87. The Morgan fingerprint density at radius 1 is 1.14 bits per heavy atom. The minimum Gasteiger partial charge on any atom is -0.490 e. The van der Waals surface area contributed by atoms with Crippen molar-refractivity contribution in [2.75, 3.05) is 19.8 Å². The fourth-order valence-electron chi connectivity index (χ4n) is 2.55. The SMILES string of the molecule is CCNC(=S)N/N=C\c1cc(Br)ccc1OCCOc1ccc([C@@H](C)CC)cc1. The molecule has 0 aliphatic carbocycles. The van der Waals surface area contributed by atoms with Gasteiger partial charge in [0.25, 0.3) is 0 Å². The van der Waals surface area contributed by atoms with Gasteiger partial charge in [0.2, 0.25) is 0 Å². The number of ether oxygens (including phenoxy) is 2. The molecule has 1 atom stereocenters. The molecule has 2 aromatic rings. The summed E-state index contributed by atoms with van der Waals surface area (Å²) in [5, 5.41) is 7.61. The van der Waals surface area contributed by atoms with Crippen molar-refractivity contribution in [1.29, 1.82) is 0 Å². The summed E-state index contributed by atoms with van der Waals surface area (Å²) in [7, 11) is 0. The zero-order valence-corrected chi connectivity index (χ0v) is 19.5. The second-order valence-electron chi connectivity index (χ2n) is 6.49. The van der Waals surface area contributed by atoms with Gasteiger partial charge in [0.15, 0.2) is 5.11 Å². The molecule has 0 spiro atoms. The van der Waals surface area contributed by atoms with Gasteiger partial charge in [-0.15, -0.1) is 0 Å². The van der Waals surface area contributed by atoms with Crippen LogP contribution in [0, 0.1) is 0 Å². The van der Waals surface area contributed by atoms with Gasteiger partial charge in [-0.2, -0.15) is 5.10 Å². The van der Waals surface area contributed by atoms with E-state index in [1.54, 1.807) is 6.21 Å². The van der Waals surface area contributed by atoms with Crippen LogP contribution >= 0.6 is 28.1 Å². The van der Waals surface area contributed by atoms with E-state index in [1.807, 2.05) is 37.3 Å². The fourth-order valence-corrected chi connectivity index (χ4v) is 3.13. The van der Waals surface area contributed by atoms with Gasteiger partial charge in [0.1, 0.15) is 24.7 Å². The third-order valence-electron chi connectivity index (χ3n) is 4.35. The van der Waals surface area contributed by atoms with Gasteiger partial charge >= 0.3 is 0 Å². The van der Waals surface area contributed by atoms with Crippen molar-refractivity contribution >= 4 is 39.5 Å². The van der Waals surface area contributed by atoms with Crippen molar-refractivity contribution in [1.82, 2.24) is 10.7 Å². The highest BCUT2D eigenvalue weighted by Crippen LogP contribution is 2.23. The molecule has 0 aliphatic rings. The third-order valence-corrected chi connectivity index (χ3v) is 5.08. The molecule has 0 fully saturated rings. The fraction of sp³-hybridized carbons (Fsp3) is 0.364. The summed E-state index contributed by atoms with van der Waals surface area (Å²) in [6.07, 6.45) is 2.81. The maximum Gasteiger partial charge on any atom is 0.186 e. The number of rotatable bonds is 10. The maximum atomic E-state index is 5.88. The number of benzene rings is 2. The van der Waals surface area contributed by atoms with Gasteiger partial charge < -0.3 is 14.8 Å². The highest BCUT2D eigenvalue weighted by Gasteiger charge is 2.05. The van der Waals surface area contributed by atoms with Crippen LogP contribution in [-0.4, -0.2) is 31.1 Å². The number of hydrogen-bond donors (Lipinski definition) is 2. The Kier molecular flexibility index (Phi) is 9.94. The molecule has 0 radical (unpaired) electrons. The molecule has 0 amide bonds. The predicted molar refractivity (Wildman–Crippen MR) is 127 cm³/mol. The summed E-state index contributed by atoms with van der Waals surface area (Å²) in [6.45, 7) is 8.02. The van der Waals surface area contributed by atoms with Gasteiger partial charge in [-0.1, -0.05) is 41.9 Å². The van der Waals surface area contributed by atoms with Crippen LogP contribution in [0.1, 0.15) is 44.2 Å². The highest BCUT2D eigenvalue weighted by molar-refractivity contribution is 9.10. The van der Waals surface area contributed by atoms with E-state index in [1.165, 1.54) is 5.56 Å².